The van der Waals surface area contributed by atoms with Crippen LogP contribution in [0.25, 0.3) is 0 Å². The van der Waals surface area contributed by atoms with Gasteiger partial charge in [-0.25, -0.2) is 8.78 Å². The molecule has 0 saturated carbocycles. The number of alkyl halides is 1. The Morgan fingerprint density at radius 3 is 2.78 bits per heavy atom. The molecule has 0 aliphatic carbocycles. The van der Waals surface area contributed by atoms with Gasteiger partial charge in [-0.15, -0.1) is 0 Å². The number of hydrogen-bond donors (Lipinski definition) is 1. The number of hydrogen-bond acceptors (Lipinski definition) is 3. The van der Waals surface area contributed by atoms with Crippen LogP contribution in [0, 0.1) is 5.82 Å². The number of benzene rings is 1. The van der Waals surface area contributed by atoms with E-state index in [2.05, 4.69) is 0 Å². The normalized spacial score (nSPS) is 23.2. The topological polar surface area (TPSA) is 49.8 Å². The molecule has 18 heavy (non-hydrogen) atoms. The van der Waals surface area contributed by atoms with Crippen LogP contribution < -0.4 is 4.74 Å². The molecule has 0 spiro atoms. The summed E-state index contributed by atoms with van der Waals surface area (Å²) in [4.78, 5) is 13.1. The predicted molar refractivity (Wildman–Crippen MR) is 59.8 cm³/mol. The molecule has 6 heteroatoms. The average molecular weight is 257 g/mol. The van der Waals surface area contributed by atoms with E-state index >= 15 is 0 Å². The first-order valence-corrected chi connectivity index (χ1v) is 5.48. The molecule has 98 valence electrons. The molecule has 0 unspecified atom stereocenters. The summed E-state index contributed by atoms with van der Waals surface area (Å²) in [5.41, 5.74) is -0.235. The zero-order chi connectivity index (χ0) is 13.3. The van der Waals surface area contributed by atoms with E-state index in [1.165, 1.54) is 19.2 Å². The van der Waals surface area contributed by atoms with Crippen LogP contribution in [0.15, 0.2) is 18.2 Å². The minimum Gasteiger partial charge on any atom is -0.496 e. The lowest BCUT2D eigenvalue weighted by molar-refractivity contribution is 0.0756. The van der Waals surface area contributed by atoms with E-state index < -0.39 is 24.0 Å². The number of β-amino-alcohol motifs (C(OH)–C–C–N with tert-alkyl or cyclic N) is 1. The van der Waals surface area contributed by atoms with Crippen molar-refractivity contribution in [1.82, 2.24) is 4.90 Å². The molecule has 0 aromatic heterocycles. The molecule has 1 aromatic carbocycles. The monoisotopic (exact) mass is 257 g/mol. The minimum atomic E-state index is -1.49. The largest absolute Gasteiger partial charge is 0.496 e. The standard InChI is InChI=1S/C12H13F2NO3/c1-18-10-4-2-3-7(13)11(10)12(17)15-5-8(14)9(16)6-15/h2-4,8-9,16H,5-6H2,1H3/t8-,9-/m1/s1. The summed E-state index contributed by atoms with van der Waals surface area (Å²) in [5.74, 6) is -1.31. The molecule has 0 bridgehead atoms. The van der Waals surface area contributed by atoms with Gasteiger partial charge in [-0.3, -0.25) is 4.79 Å². The van der Waals surface area contributed by atoms with Crippen molar-refractivity contribution in [2.24, 2.45) is 0 Å². The number of aliphatic hydroxyl groups excluding tert-OH is 1. The Balaban J connectivity index is 2.29. The second-order valence-electron chi connectivity index (χ2n) is 4.11. The van der Waals surface area contributed by atoms with Gasteiger partial charge in [0.05, 0.1) is 13.7 Å². The van der Waals surface area contributed by atoms with Gasteiger partial charge in [0.25, 0.3) is 5.91 Å². The fourth-order valence-electron chi connectivity index (χ4n) is 1.95. The van der Waals surface area contributed by atoms with Gasteiger partial charge in [-0.2, -0.15) is 0 Å². The van der Waals surface area contributed by atoms with Gasteiger partial charge in [0.2, 0.25) is 0 Å². The van der Waals surface area contributed by atoms with Crippen LogP contribution >= 0.6 is 0 Å². The highest BCUT2D eigenvalue weighted by atomic mass is 19.1. The Labute approximate surface area is 103 Å². The number of nitrogens with zero attached hydrogens (tertiary/aromatic N) is 1. The summed E-state index contributed by atoms with van der Waals surface area (Å²) in [5, 5.41) is 9.27. The SMILES string of the molecule is COc1cccc(F)c1C(=O)N1C[C@@H](O)[C@H](F)C1. The number of carbonyl (C=O) groups is 1. The lowest BCUT2D eigenvalue weighted by Crippen LogP contribution is -2.30. The van der Waals surface area contributed by atoms with Crippen LogP contribution in [0.2, 0.25) is 0 Å². The van der Waals surface area contributed by atoms with E-state index in [0.29, 0.717) is 0 Å². The van der Waals surface area contributed by atoms with Crippen molar-refractivity contribution in [3.63, 3.8) is 0 Å². The Kier molecular flexibility index (Phi) is 3.47. The first kappa shape index (κ1) is 12.8. The maximum atomic E-state index is 13.7. The fraction of sp³-hybridized carbons (Fsp3) is 0.417. The van der Waals surface area contributed by atoms with Crippen LogP contribution in [0.3, 0.4) is 0 Å². The molecule has 1 aromatic rings. The average Bonchev–Trinajstić information content (AvgIpc) is 2.68. The highest BCUT2D eigenvalue weighted by molar-refractivity contribution is 5.97. The molecule has 1 aliphatic rings. The highest BCUT2D eigenvalue weighted by Gasteiger charge is 2.36. The zero-order valence-electron chi connectivity index (χ0n) is 9.77. The number of ether oxygens (including phenoxy) is 1. The number of methoxy groups -OCH3 is 1. The molecule has 2 rings (SSSR count). The molecule has 4 nitrogen and oxygen atoms in total. The van der Waals surface area contributed by atoms with Crippen molar-refractivity contribution in [3.05, 3.63) is 29.6 Å². The molecule has 1 heterocycles. The highest BCUT2D eigenvalue weighted by Crippen LogP contribution is 2.25. The van der Waals surface area contributed by atoms with Gasteiger partial charge >= 0.3 is 0 Å². The summed E-state index contributed by atoms with van der Waals surface area (Å²) in [6, 6.07) is 4.01. The predicted octanol–water partition coefficient (Wildman–Crippen LogP) is 0.989. The second kappa shape index (κ2) is 4.89. The number of halogens is 2. The molecule has 1 aliphatic heterocycles. The van der Waals surface area contributed by atoms with Crippen LogP contribution in [-0.4, -0.2) is 48.4 Å². The molecule has 1 N–H and O–H groups in total. The Morgan fingerprint density at radius 1 is 1.50 bits per heavy atom. The summed E-state index contributed by atoms with van der Waals surface area (Å²) in [6.45, 7) is -0.380. The lowest BCUT2D eigenvalue weighted by Gasteiger charge is -2.17. The van der Waals surface area contributed by atoms with Crippen LogP contribution in [0.1, 0.15) is 10.4 Å². The van der Waals surface area contributed by atoms with Gasteiger partial charge in [-0.05, 0) is 12.1 Å². The van der Waals surface area contributed by atoms with E-state index in [1.54, 1.807) is 0 Å². The van der Waals surface area contributed by atoms with Gasteiger partial charge in [0.1, 0.15) is 29.4 Å². The van der Waals surface area contributed by atoms with Gasteiger partial charge in [-0.1, -0.05) is 6.07 Å². The van der Waals surface area contributed by atoms with Crippen molar-refractivity contribution >= 4 is 5.91 Å². The van der Waals surface area contributed by atoms with E-state index in [4.69, 9.17) is 4.74 Å². The molecule has 1 saturated heterocycles. The number of carbonyl (C=O) groups excluding carboxylic acids is 1. The molecular formula is C12H13F2NO3. The molecule has 2 atom stereocenters. The third-order valence-corrected chi connectivity index (χ3v) is 2.92. The lowest BCUT2D eigenvalue weighted by atomic mass is 10.1. The van der Waals surface area contributed by atoms with Crippen molar-refractivity contribution in [2.45, 2.75) is 12.3 Å². The fourth-order valence-corrected chi connectivity index (χ4v) is 1.95. The van der Waals surface area contributed by atoms with E-state index in [0.717, 1.165) is 11.0 Å². The summed E-state index contributed by atoms with van der Waals surface area (Å²) < 4.78 is 31.7. The maximum absolute atomic E-state index is 13.7. The summed E-state index contributed by atoms with van der Waals surface area (Å²) in [6.07, 6.45) is -2.71. The van der Waals surface area contributed by atoms with E-state index in [9.17, 15) is 18.7 Å². The first-order chi connectivity index (χ1) is 8.54. The molecule has 1 fully saturated rings. The number of rotatable bonds is 2. The van der Waals surface area contributed by atoms with Gasteiger partial charge < -0.3 is 14.7 Å². The summed E-state index contributed by atoms with van der Waals surface area (Å²) in [7, 11) is 1.32. The van der Waals surface area contributed by atoms with Gasteiger partial charge in [0, 0.05) is 6.54 Å². The van der Waals surface area contributed by atoms with Crippen LogP contribution in [0.4, 0.5) is 8.78 Å². The van der Waals surface area contributed by atoms with Crippen molar-refractivity contribution in [3.8, 4) is 5.75 Å². The minimum absolute atomic E-state index is 0.0943. The number of amides is 1. The number of likely N-dealkylation sites (tertiary alicyclic amines) is 1. The summed E-state index contributed by atoms with van der Waals surface area (Å²) >= 11 is 0. The number of aliphatic hydroxyl groups is 1. The van der Waals surface area contributed by atoms with Crippen molar-refractivity contribution in [1.29, 1.82) is 0 Å². The van der Waals surface area contributed by atoms with Crippen LogP contribution in [0.5, 0.6) is 5.75 Å². The van der Waals surface area contributed by atoms with Crippen molar-refractivity contribution in [2.75, 3.05) is 20.2 Å². The molecule has 1 amide bonds. The maximum Gasteiger partial charge on any atom is 0.260 e. The van der Waals surface area contributed by atoms with E-state index in [-0.39, 0.29) is 24.4 Å². The Hall–Kier alpha value is -1.69. The van der Waals surface area contributed by atoms with Crippen molar-refractivity contribution < 1.29 is 23.4 Å². The first-order valence-electron chi connectivity index (χ1n) is 5.48. The quantitative estimate of drug-likeness (QED) is 0.859. The zero-order valence-corrected chi connectivity index (χ0v) is 9.77. The van der Waals surface area contributed by atoms with E-state index in [1.807, 2.05) is 0 Å². The third kappa shape index (κ3) is 2.15. The van der Waals surface area contributed by atoms with Gasteiger partial charge in [0.15, 0.2) is 0 Å². The second-order valence-corrected chi connectivity index (χ2v) is 4.11. The van der Waals surface area contributed by atoms with Crippen LogP contribution in [-0.2, 0) is 0 Å². The molecular weight excluding hydrogens is 244 g/mol. The molecule has 0 radical (unpaired) electrons. The third-order valence-electron chi connectivity index (χ3n) is 2.92. The Morgan fingerprint density at radius 2 is 2.22 bits per heavy atom. The smallest absolute Gasteiger partial charge is 0.260 e. The Bertz CT molecular complexity index is 457.